The normalized spacial score (nSPS) is 22.6. The number of ether oxygens (including phenoxy) is 1. The van der Waals surface area contributed by atoms with Crippen LogP contribution in [0.15, 0.2) is 53.9 Å². The lowest BCUT2D eigenvalue weighted by molar-refractivity contribution is 0.355. The Labute approximate surface area is 140 Å². The molecular weight excluding hydrogens is 300 g/mol. The fourth-order valence-electron chi connectivity index (χ4n) is 3.65. The van der Waals surface area contributed by atoms with E-state index >= 15 is 0 Å². The van der Waals surface area contributed by atoms with Crippen LogP contribution in [0.4, 0.5) is 0 Å². The molecule has 0 bridgehead atoms. The predicted molar refractivity (Wildman–Crippen MR) is 90.7 cm³/mol. The van der Waals surface area contributed by atoms with E-state index in [0.29, 0.717) is 11.5 Å². The van der Waals surface area contributed by atoms with Gasteiger partial charge >= 0.3 is 0 Å². The van der Waals surface area contributed by atoms with Crippen molar-refractivity contribution >= 4 is 0 Å². The Bertz CT molecular complexity index is 857. The van der Waals surface area contributed by atoms with E-state index in [4.69, 9.17) is 10.5 Å². The van der Waals surface area contributed by atoms with Crippen molar-refractivity contribution in [3.63, 3.8) is 0 Å². The van der Waals surface area contributed by atoms with Crippen LogP contribution in [0, 0.1) is 17.2 Å². The number of rotatable bonds is 2. The van der Waals surface area contributed by atoms with Crippen LogP contribution in [0.1, 0.15) is 30.7 Å². The molecule has 3 N–H and O–H groups in total. The molecule has 2 aliphatic rings. The van der Waals surface area contributed by atoms with Gasteiger partial charge in [-0.3, -0.25) is 5.10 Å². The van der Waals surface area contributed by atoms with E-state index in [0.717, 1.165) is 36.1 Å². The summed E-state index contributed by atoms with van der Waals surface area (Å²) < 4.78 is 5.63. The third-order valence-electron chi connectivity index (χ3n) is 4.77. The van der Waals surface area contributed by atoms with Crippen molar-refractivity contribution in [2.24, 2.45) is 11.7 Å². The minimum atomic E-state index is -0.121. The number of nitrogens with two attached hydrogens (primary N) is 1. The number of aromatic amines is 1. The van der Waals surface area contributed by atoms with Gasteiger partial charge in [-0.2, -0.15) is 5.26 Å². The Kier molecular flexibility index (Phi) is 3.58. The highest BCUT2D eigenvalue weighted by Gasteiger charge is 2.38. The molecule has 2 heterocycles. The molecule has 1 aliphatic carbocycles. The van der Waals surface area contributed by atoms with Crippen LogP contribution < -0.4 is 10.5 Å². The van der Waals surface area contributed by atoms with Gasteiger partial charge in [-0.25, -0.2) is 0 Å². The van der Waals surface area contributed by atoms with Gasteiger partial charge in [0.15, 0.2) is 0 Å². The van der Waals surface area contributed by atoms with E-state index in [1.165, 1.54) is 0 Å². The molecule has 4 rings (SSSR count). The minimum Gasteiger partial charge on any atom is -0.420 e. The van der Waals surface area contributed by atoms with E-state index in [1.807, 2.05) is 30.3 Å². The molecule has 120 valence electrons. The van der Waals surface area contributed by atoms with Gasteiger partial charge in [0.05, 0.1) is 16.8 Å². The number of hydrogen-bond donors (Lipinski definition) is 2. The number of nitriles is 1. The van der Waals surface area contributed by atoms with Crippen molar-refractivity contribution in [1.29, 1.82) is 5.26 Å². The standard InChI is InChI=1S/C19H18N4O/c20-11-14-15(12-7-3-1-4-8-12)16-17(13-9-5-2-6-10-13)22-23-19(16)24-18(14)21/h2-3,5-7,9-10,12,15H,1,4,8,21H2,(H,22,23)/t12-,15-/m0/s1. The van der Waals surface area contributed by atoms with Gasteiger partial charge in [-0.1, -0.05) is 42.5 Å². The Hall–Kier alpha value is -3.00. The molecule has 5 nitrogen and oxygen atoms in total. The second-order valence-corrected chi connectivity index (χ2v) is 6.18. The third-order valence-corrected chi connectivity index (χ3v) is 4.77. The van der Waals surface area contributed by atoms with E-state index in [1.54, 1.807) is 0 Å². The first-order valence-electron chi connectivity index (χ1n) is 8.17. The first-order valence-corrected chi connectivity index (χ1v) is 8.17. The van der Waals surface area contributed by atoms with E-state index in [9.17, 15) is 5.26 Å². The van der Waals surface area contributed by atoms with Gasteiger partial charge in [0.1, 0.15) is 6.07 Å². The monoisotopic (exact) mass is 318 g/mol. The number of aromatic nitrogens is 2. The molecule has 0 radical (unpaired) electrons. The minimum absolute atomic E-state index is 0.121. The summed E-state index contributed by atoms with van der Waals surface area (Å²) >= 11 is 0. The molecule has 0 fully saturated rings. The lowest BCUT2D eigenvalue weighted by atomic mass is 9.75. The van der Waals surface area contributed by atoms with Gasteiger partial charge in [-0.05, 0) is 30.7 Å². The number of allylic oxidation sites excluding steroid dienone is 3. The second-order valence-electron chi connectivity index (χ2n) is 6.18. The SMILES string of the molecule is N#CC1=C(N)Oc2n[nH]c(-c3ccccc3)c2[C@H]1[C@H]1C=CCCC1. The van der Waals surface area contributed by atoms with Gasteiger partial charge < -0.3 is 10.5 Å². The molecule has 5 heteroatoms. The fourth-order valence-corrected chi connectivity index (χ4v) is 3.65. The van der Waals surface area contributed by atoms with Crippen molar-refractivity contribution in [2.45, 2.75) is 25.2 Å². The lowest BCUT2D eigenvalue weighted by Crippen LogP contribution is -2.25. The van der Waals surface area contributed by atoms with Crippen molar-refractivity contribution in [2.75, 3.05) is 0 Å². The van der Waals surface area contributed by atoms with Crippen LogP contribution in [0.3, 0.4) is 0 Å². The van der Waals surface area contributed by atoms with Crippen molar-refractivity contribution in [3.05, 3.63) is 59.5 Å². The zero-order valence-electron chi connectivity index (χ0n) is 13.2. The molecule has 0 saturated heterocycles. The van der Waals surface area contributed by atoms with Crippen LogP contribution in [-0.2, 0) is 0 Å². The summed E-state index contributed by atoms with van der Waals surface area (Å²) in [6.45, 7) is 0. The van der Waals surface area contributed by atoms with Crippen LogP contribution in [0.2, 0.25) is 0 Å². The Morgan fingerprint density at radius 3 is 2.83 bits per heavy atom. The molecule has 2 atom stereocenters. The Morgan fingerprint density at radius 1 is 1.29 bits per heavy atom. The number of nitrogens with one attached hydrogen (secondary N) is 1. The van der Waals surface area contributed by atoms with Gasteiger partial charge in [0, 0.05) is 5.92 Å². The highest BCUT2D eigenvalue weighted by molar-refractivity contribution is 5.69. The molecule has 0 spiro atoms. The second kappa shape index (κ2) is 5.89. The molecule has 1 aromatic heterocycles. The van der Waals surface area contributed by atoms with Crippen LogP contribution >= 0.6 is 0 Å². The molecular formula is C19H18N4O. The quantitative estimate of drug-likeness (QED) is 0.828. The highest BCUT2D eigenvalue weighted by Crippen LogP contribution is 2.48. The van der Waals surface area contributed by atoms with Crippen molar-refractivity contribution in [1.82, 2.24) is 10.2 Å². The Morgan fingerprint density at radius 2 is 2.12 bits per heavy atom. The number of hydrogen-bond acceptors (Lipinski definition) is 4. The number of fused-ring (bicyclic) bond motifs is 1. The van der Waals surface area contributed by atoms with Gasteiger partial charge in [-0.15, -0.1) is 5.10 Å². The molecule has 0 unspecified atom stereocenters. The molecule has 1 aromatic carbocycles. The largest absolute Gasteiger partial charge is 0.420 e. The first-order chi connectivity index (χ1) is 11.8. The summed E-state index contributed by atoms with van der Waals surface area (Å²) in [5, 5.41) is 17.0. The molecule has 24 heavy (non-hydrogen) atoms. The molecule has 1 aliphatic heterocycles. The van der Waals surface area contributed by atoms with E-state index in [2.05, 4.69) is 28.4 Å². The Balaban J connectivity index is 1.89. The summed E-state index contributed by atoms with van der Waals surface area (Å²) in [4.78, 5) is 0. The fraction of sp³-hybridized carbons (Fsp3) is 0.263. The summed E-state index contributed by atoms with van der Waals surface area (Å²) in [6.07, 6.45) is 7.63. The topological polar surface area (TPSA) is 87.7 Å². The first kappa shape index (κ1) is 14.6. The summed E-state index contributed by atoms with van der Waals surface area (Å²) in [5.74, 6) is 0.758. The number of nitrogens with zero attached hydrogens (tertiary/aromatic N) is 2. The smallest absolute Gasteiger partial charge is 0.244 e. The average Bonchev–Trinajstić information content (AvgIpc) is 3.05. The van der Waals surface area contributed by atoms with Gasteiger partial charge in [0.2, 0.25) is 11.8 Å². The lowest BCUT2D eigenvalue weighted by Gasteiger charge is -2.30. The number of benzene rings is 1. The van der Waals surface area contributed by atoms with Crippen LogP contribution in [-0.4, -0.2) is 10.2 Å². The van der Waals surface area contributed by atoms with Crippen LogP contribution in [0.5, 0.6) is 5.88 Å². The molecule has 0 amide bonds. The zero-order valence-corrected chi connectivity index (χ0v) is 13.2. The zero-order chi connectivity index (χ0) is 16.5. The predicted octanol–water partition coefficient (Wildman–Crippen LogP) is 3.60. The summed E-state index contributed by atoms with van der Waals surface area (Å²) in [7, 11) is 0. The maximum atomic E-state index is 9.66. The van der Waals surface area contributed by atoms with E-state index in [-0.39, 0.29) is 17.7 Å². The number of H-pyrrole nitrogens is 1. The molecule has 0 saturated carbocycles. The van der Waals surface area contributed by atoms with Crippen molar-refractivity contribution < 1.29 is 4.74 Å². The average molecular weight is 318 g/mol. The van der Waals surface area contributed by atoms with Crippen molar-refractivity contribution in [3.8, 4) is 23.2 Å². The third kappa shape index (κ3) is 2.28. The van der Waals surface area contributed by atoms with Gasteiger partial charge in [0.25, 0.3) is 0 Å². The maximum absolute atomic E-state index is 9.66. The summed E-state index contributed by atoms with van der Waals surface area (Å²) in [5.41, 5.74) is 9.36. The summed E-state index contributed by atoms with van der Waals surface area (Å²) in [6, 6.07) is 12.3. The highest BCUT2D eigenvalue weighted by atomic mass is 16.5. The van der Waals surface area contributed by atoms with Crippen LogP contribution in [0.25, 0.3) is 11.3 Å². The molecule has 2 aromatic rings. The maximum Gasteiger partial charge on any atom is 0.244 e. The van der Waals surface area contributed by atoms with E-state index < -0.39 is 0 Å².